The van der Waals surface area contributed by atoms with E-state index in [9.17, 15) is 29.4 Å². The summed E-state index contributed by atoms with van der Waals surface area (Å²) in [5, 5.41) is 37.4. The van der Waals surface area contributed by atoms with Crippen LogP contribution in [0.5, 0.6) is 28.7 Å². The van der Waals surface area contributed by atoms with E-state index in [0.717, 1.165) is 11.1 Å². The Morgan fingerprint density at radius 3 is 1.80 bits per heavy atom. The second-order valence-corrected chi connectivity index (χ2v) is 16.6. The predicted octanol–water partition coefficient (Wildman–Crippen LogP) is 4.77. The number of ether oxygens (including phenoxy) is 5. The topological polar surface area (TPSA) is 215 Å². The Hall–Kier alpha value is -6.52. The van der Waals surface area contributed by atoms with Crippen molar-refractivity contribution < 1.29 is 53.1 Å². The number of rotatable bonds is 22. The van der Waals surface area contributed by atoms with Gasteiger partial charge in [0.25, 0.3) is 0 Å². The van der Waals surface area contributed by atoms with Crippen LogP contribution in [0.2, 0.25) is 0 Å². The molecule has 0 spiro atoms. The zero-order valence-corrected chi connectivity index (χ0v) is 38.0. The van der Waals surface area contributed by atoms with Crippen LogP contribution in [0.1, 0.15) is 56.9 Å². The molecule has 0 heterocycles. The van der Waals surface area contributed by atoms with Gasteiger partial charge in [0.1, 0.15) is 36.2 Å². The first-order valence-corrected chi connectivity index (χ1v) is 20.9. The maximum absolute atomic E-state index is 14.6. The molecule has 0 aromatic heterocycles. The third-order valence-electron chi connectivity index (χ3n) is 10.5. The van der Waals surface area contributed by atoms with Gasteiger partial charge in [0.15, 0.2) is 11.5 Å². The Kier molecular flexibility index (Phi) is 18.6. The van der Waals surface area contributed by atoms with Crippen LogP contribution in [0, 0.1) is 11.3 Å². The average Bonchev–Trinajstić information content (AvgIpc) is 3.28. The van der Waals surface area contributed by atoms with E-state index in [1.807, 2.05) is 60.7 Å². The number of aliphatic hydroxyl groups is 1. The van der Waals surface area contributed by atoms with Crippen molar-refractivity contribution in [2.75, 3.05) is 28.4 Å². The van der Waals surface area contributed by atoms with Gasteiger partial charge >= 0.3 is 6.09 Å². The molecule has 0 radical (unpaired) electrons. The second kappa shape index (κ2) is 23.8. The molecule has 16 nitrogen and oxygen atoms in total. The van der Waals surface area contributed by atoms with Gasteiger partial charge in [-0.05, 0) is 58.7 Å². The van der Waals surface area contributed by atoms with Crippen molar-refractivity contribution in [3.05, 3.63) is 113 Å². The molecular weight excluding hydrogens is 823 g/mol. The molecule has 0 saturated carbocycles. The summed E-state index contributed by atoms with van der Waals surface area (Å²) < 4.78 is 27.2. The van der Waals surface area contributed by atoms with Crippen molar-refractivity contribution in [1.29, 1.82) is 0 Å². The maximum Gasteiger partial charge on any atom is 0.408 e. The molecule has 0 fully saturated rings. The number of alkyl carbamates (subject to hydrolysis) is 1. The molecule has 16 heteroatoms. The van der Waals surface area contributed by atoms with Crippen LogP contribution < -0.4 is 45.5 Å². The number of amides is 4. The van der Waals surface area contributed by atoms with Crippen LogP contribution >= 0.6 is 0 Å². The van der Waals surface area contributed by atoms with Crippen LogP contribution in [0.3, 0.4) is 0 Å². The Balaban J connectivity index is 1.68. The summed E-state index contributed by atoms with van der Waals surface area (Å²) in [6.07, 6.45) is -2.38. The lowest BCUT2D eigenvalue weighted by atomic mass is 9.85. The molecular formula is C48H63N5O11. The molecule has 64 heavy (non-hydrogen) atoms. The summed E-state index contributed by atoms with van der Waals surface area (Å²) in [6, 6.07) is 21.5. The molecule has 4 rings (SSSR count). The van der Waals surface area contributed by atoms with Crippen LogP contribution in [-0.2, 0) is 45.2 Å². The van der Waals surface area contributed by atoms with Crippen molar-refractivity contribution in [3.8, 4) is 28.7 Å². The largest absolute Gasteiger partial charge is 0.507 e. The molecule has 0 bridgehead atoms. The van der Waals surface area contributed by atoms with Crippen molar-refractivity contribution in [3.63, 3.8) is 0 Å². The third kappa shape index (κ3) is 14.3. The number of phenols is 1. The van der Waals surface area contributed by atoms with E-state index in [0.29, 0.717) is 34.1 Å². The molecule has 0 aliphatic rings. The van der Waals surface area contributed by atoms with Crippen molar-refractivity contribution in [2.45, 2.75) is 91.0 Å². The Labute approximate surface area is 375 Å². The van der Waals surface area contributed by atoms with Crippen LogP contribution in [0.25, 0.3) is 0 Å². The van der Waals surface area contributed by atoms with Crippen LogP contribution in [-0.4, -0.2) is 92.7 Å². The van der Waals surface area contributed by atoms with Gasteiger partial charge in [0, 0.05) is 24.7 Å². The Bertz CT molecular complexity index is 2120. The molecule has 5 atom stereocenters. The SMILES string of the molecule is COc1ccc(CNC(=O)[C@@H](NC(=O)[C@H](NCc2cc(OC)c(OC)c(OC)c2)[C@H](O)[C@H](Cc2ccccc2)NC(=O)[C@@H](NC(=O)OCc2ccccc2)C(C)(C)C)C(C)C)c(O)c1. The number of benzene rings is 4. The molecule has 0 aliphatic carbocycles. The number of carbonyl (C=O) groups excluding carboxylic acids is 4. The molecule has 346 valence electrons. The Morgan fingerprint density at radius 2 is 1.27 bits per heavy atom. The van der Waals surface area contributed by atoms with Gasteiger partial charge in [-0.15, -0.1) is 0 Å². The van der Waals surface area contributed by atoms with Gasteiger partial charge in [-0.3, -0.25) is 19.7 Å². The lowest BCUT2D eigenvalue weighted by Gasteiger charge is -2.35. The highest BCUT2D eigenvalue weighted by Crippen LogP contribution is 2.38. The van der Waals surface area contributed by atoms with Gasteiger partial charge in [-0.25, -0.2) is 4.79 Å². The summed E-state index contributed by atoms with van der Waals surface area (Å²) >= 11 is 0. The summed E-state index contributed by atoms with van der Waals surface area (Å²) in [7, 11) is 5.90. The van der Waals surface area contributed by atoms with Gasteiger partial charge in [-0.1, -0.05) is 95.3 Å². The average molecular weight is 886 g/mol. The minimum absolute atomic E-state index is 0.0196. The normalized spacial score (nSPS) is 13.6. The standard InChI is InChI=1S/C48H63N5O11/c1-29(2)39(44(56)50-27-33-20-21-34(60-6)25-36(33)54)52-45(57)40(49-26-32-23-37(61-7)42(63-9)38(24-32)62-8)41(55)35(22-30-16-12-10-13-17-30)51-46(58)43(48(3,4)5)53-47(59)64-28-31-18-14-11-15-19-31/h10-21,23-25,29,35,39-41,43,49,54-55H,22,26-28H2,1-9H3,(H,50,56)(H,51,58)(H,52,57)(H,53,59)/t35-,39-,40+,41+,43+/m0/s1. The van der Waals surface area contributed by atoms with Crippen LogP contribution in [0.15, 0.2) is 91.0 Å². The molecule has 7 N–H and O–H groups in total. The molecule has 0 aliphatic heterocycles. The van der Waals surface area contributed by atoms with E-state index < -0.39 is 65.4 Å². The summed E-state index contributed by atoms with van der Waals surface area (Å²) in [5.41, 5.74) is 1.68. The smallest absolute Gasteiger partial charge is 0.408 e. The van der Waals surface area contributed by atoms with Gasteiger partial charge < -0.3 is 55.2 Å². The second-order valence-electron chi connectivity index (χ2n) is 16.6. The first kappa shape index (κ1) is 50.1. The van der Waals surface area contributed by atoms with Crippen molar-refractivity contribution in [2.24, 2.45) is 11.3 Å². The fraction of sp³-hybridized carbons (Fsp3) is 0.417. The number of hydrogen-bond donors (Lipinski definition) is 7. The highest BCUT2D eigenvalue weighted by Gasteiger charge is 2.40. The van der Waals surface area contributed by atoms with E-state index in [2.05, 4.69) is 26.6 Å². The number of phenolic OH excluding ortho intramolecular Hbond substituents is 1. The fourth-order valence-electron chi connectivity index (χ4n) is 6.91. The highest BCUT2D eigenvalue weighted by molar-refractivity contribution is 5.91. The monoisotopic (exact) mass is 885 g/mol. The number of aromatic hydroxyl groups is 1. The number of methoxy groups -OCH3 is 4. The minimum Gasteiger partial charge on any atom is -0.507 e. The number of nitrogens with one attached hydrogen (secondary N) is 5. The van der Waals surface area contributed by atoms with E-state index in [-0.39, 0.29) is 31.9 Å². The third-order valence-corrected chi connectivity index (χ3v) is 10.5. The number of carbonyl (C=O) groups is 4. The highest BCUT2D eigenvalue weighted by atomic mass is 16.5. The summed E-state index contributed by atoms with van der Waals surface area (Å²) in [4.78, 5) is 55.8. The van der Waals surface area contributed by atoms with Crippen LogP contribution in [0.4, 0.5) is 4.79 Å². The molecule has 4 aromatic carbocycles. The van der Waals surface area contributed by atoms with E-state index >= 15 is 0 Å². The van der Waals surface area contributed by atoms with E-state index in [1.54, 1.807) is 58.9 Å². The maximum atomic E-state index is 14.6. The quantitative estimate of drug-likeness (QED) is 0.0569. The number of hydrogen-bond acceptors (Lipinski definition) is 12. The molecule has 0 saturated heterocycles. The molecule has 4 aromatic rings. The number of aliphatic hydroxyl groups excluding tert-OH is 1. The summed E-state index contributed by atoms with van der Waals surface area (Å²) in [5.74, 6) is -0.912. The fourth-order valence-corrected chi connectivity index (χ4v) is 6.91. The molecule has 4 amide bonds. The van der Waals surface area contributed by atoms with Gasteiger partial charge in [0.2, 0.25) is 23.5 Å². The lowest BCUT2D eigenvalue weighted by Crippen LogP contribution is -2.63. The first-order chi connectivity index (χ1) is 30.5. The first-order valence-electron chi connectivity index (χ1n) is 20.9. The Morgan fingerprint density at radius 1 is 0.656 bits per heavy atom. The lowest BCUT2D eigenvalue weighted by molar-refractivity contribution is -0.134. The zero-order chi connectivity index (χ0) is 47.0. The van der Waals surface area contributed by atoms with E-state index in [4.69, 9.17) is 23.7 Å². The molecule has 0 unspecified atom stereocenters. The van der Waals surface area contributed by atoms with Gasteiger partial charge in [-0.2, -0.15) is 0 Å². The zero-order valence-electron chi connectivity index (χ0n) is 38.0. The minimum atomic E-state index is -1.64. The van der Waals surface area contributed by atoms with Gasteiger partial charge in [0.05, 0.1) is 40.6 Å². The summed E-state index contributed by atoms with van der Waals surface area (Å²) in [6.45, 7) is 8.76. The van der Waals surface area contributed by atoms with Crippen molar-refractivity contribution >= 4 is 23.8 Å². The van der Waals surface area contributed by atoms with E-state index in [1.165, 1.54) is 34.5 Å². The predicted molar refractivity (Wildman–Crippen MR) is 241 cm³/mol. The van der Waals surface area contributed by atoms with Crippen molar-refractivity contribution in [1.82, 2.24) is 26.6 Å².